The van der Waals surface area contributed by atoms with Gasteiger partial charge in [-0.05, 0) is 43.7 Å². The van der Waals surface area contributed by atoms with Gasteiger partial charge in [-0.25, -0.2) is 14.8 Å². The van der Waals surface area contributed by atoms with Gasteiger partial charge in [-0.1, -0.05) is 54.8 Å². The van der Waals surface area contributed by atoms with Crippen molar-refractivity contribution in [3.05, 3.63) is 107 Å². The summed E-state index contributed by atoms with van der Waals surface area (Å²) in [5.41, 5.74) is 2.00. The summed E-state index contributed by atoms with van der Waals surface area (Å²) in [6.45, 7) is 10.8. The van der Waals surface area contributed by atoms with Crippen molar-refractivity contribution >= 4 is 45.5 Å². The molecule has 0 bridgehead atoms. The van der Waals surface area contributed by atoms with E-state index < -0.39 is 23.7 Å². The number of ether oxygens (including phenoxy) is 2. The molecule has 11 heteroatoms. The van der Waals surface area contributed by atoms with Gasteiger partial charge in [-0.15, -0.1) is 0 Å². The maximum absolute atomic E-state index is 13.7. The van der Waals surface area contributed by atoms with Crippen LogP contribution in [0.4, 0.5) is 5.13 Å². The lowest BCUT2D eigenvalue weighted by Crippen LogP contribution is -2.29. The molecule has 5 rings (SSSR count). The van der Waals surface area contributed by atoms with Crippen LogP contribution in [0.1, 0.15) is 38.4 Å². The molecular formula is C30H26N4O6S. The number of carbonyl (C=O) groups excluding carboxylic acids is 3. The van der Waals surface area contributed by atoms with Crippen LogP contribution in [0.3, 0.4) is 0 Å². The van der Waals surface area contributed by atoms with E-state index in [-0.39, 0.29) is 40.2 Å². The second kappa shape index (κ2) is 11.2. The van der Waals surface area contributed by atoms with Gasteiger partial charge in [0, 0.05) is 6.20 Å². The number of aryl methyl sites for hydroxylation is 2. The van der Waals surface area contributed by atoms with Crippen LogP contribution in [0.5, 0.6) is 5.75 Å². The Hall–Kier alpha value is -5.03. The maximum Gasteiger partial charge on any atom is 0.350 e. The van der Waals surface area contributed by atoms with Gasteiger partial charge in [-0.3, -0.25) is 18.9 Å². The molecule has 41 heavy (non-hydrogen) atoms. The van der Waals surface area contributed by atoms with E-state index >= 15 is 0 Å². The molecule has 0 aliphatic carbocycles. The van der Waals surface area contributed by atoms with Gasteiger partial charge in [0.25, 0.3) is 5.78 Å². The van der Waals surface area contributed by atoms with Crippen molar-refractivity contribution < 1.29 is 29.0 Å². The molecule has 1 amide bonds. The number of hydrogen-bond donors (Lipinski definition) is 1. The molecule has 10 nitrogen and oxygen atoms in total. The highest BCUT2D eigenvalue weighted by Crippen LogP contribution is 2.44. The van der Waals surface area contributed by atoms with Crippen molar-refractivity contribution in [1.29, 1.82) is 0 Å². The number of thiazole rings is 1. The van der Waals surface area contributed by atoms with Gasteiger partial charge in [0.1, 0.15) is 35.2 Å². The number of aromatic nitrogens is 3. The van der Waals surface area contributed by atoms with Gasteiger partial charge < -0.3 is 14.6 Å². The largest absolute Gasteiger partial charge is 0.505 e. The number of aliphatic hydroxyl groups excluding tert-OH is 1. The molecule has 1 aliphatic rings. The van der Waals surface area contributed by atoms with Crippen LogP contribution in [0.15, 0.2) is 79.5 Å². The molecule has 0 spiro atoms. The first kappa shape index (κ1) is 27.5. The predicted molar refractivity (Wildman–Crippen MR) is 154 cm³/mol. The summed E-state index contributed by atoms with van der Waals surface area (Å²) >= 11 is 0.921. The molecule has 1 fully saturated rings. The van der Waals surface area contributed by atoms with Crippen molar-refractivity contribution in [2.75, 3.05) is 18.1 Å². The number of carbonyl (C=O) groups is 3. The Morgan fingerprint density at radius 1 is 1.07 bits per heavy atom. The molecule has 1 aliphatic heterocycles. The fourth-order valence-electron chi connectivity index (χ4n) is 4.68. The summed E-state index contributed by atoms with van der Waals surface area (Å²) in [6.07, 6.45) is 4.75. The first-order chi connectivity index (χ1) is 19.8. The van der Waals surface area contributed by atoms with Gasteiger partial charge in [0.15, 0.2) is 10.9 Å². The first-order valence-corrected chi connectivity index (χ1v) is 13.4. The van der Waals surface area contributed by atoms with E-state index in [2.05, 4.69) is 23.1 Å². The standard InChI is InChI=1S/C30H26N4O6S/c1-5-14-39-20-11-9-10-19(16-20)24-22(25(35)23-17(3)31-21-12-7-8-13-33(21)23)26(36)28(37)34(24)30-32-18(4)27(41-30)29(38)40-15-6-2/h5-13,16,24,35H,1-2,14-15H2,3-4H3. The lowest BCUT2D eigenvalue weighted by atomic mass is 9.96. The molecule has 4 aromatic rings. The van der Waals surface area contributed by atoms with E-state index in [9.17, 15) is 19.5 Å². The molecule has 0 radical (unpaired) electrons. The smallest absolute Gasteiger partial charge is 0.350 e. The van der Waals surface area contributed by atoms with E-state index in [0.29, 0.717) is 28.3 Å². The highest BCUT2D eigenvalue weighted by atomic mass is 32.1. The number of amides is 1. The highest BCUT2D eigenvalue weighted by Gasteiger charge is 2.49. The maximum atomic E-state index is 13.7. The number of Topliss-reactive ketones (excluding diaryl/α,β-unsaturated/α-hetero) is 1. The number of pyridine rings is 1. The Balaban J connectivity index is 1.72. The summed E-state index contributed by atoms with van der Waals surface area (Å²) in [5, 5.41) is 11.8. The third-order valence-electron chi connectivity index (χ3n) is 6.42. The van der Waals surface area contributed by atoms with E-state index in [0.717, 1.165) is 11.3 Å². The molecular weight excluding hydrogens is 544 g/mol. The summed E-state index contributed by atoms with van der Waals surface area (Å²) in [6, 6.07) is 11.1. The van der Waals surface area contributed by atoms with Crippen LogP contribution in [0, 0.1) is 13.8 Å². The number of hydrogen-bond acceptors (Lipinski definition) is 9. The lowest BCUT2D eigenvalue weighted by molar-refractivity contribution is -0.132. The number of anilines is 1. The minimum Gasteiger partial charge on any atom is -0.505 e. The normalized spacial score (nSPS) is 16.2. The van der Waals surface area contributed by atoms with Crippen molar-refractivity contribution in [3.63, 3.8) is 0 Å². The molecule has 4 heterocycles. The van der Waals surface area contributed by atoms with Crippen LogP contribution in [0.2, 0.25) is 0 Å². The zero-order valence-electron chi connectivity index (χ0n) is 22.4. The van der Waals surface area contributed by atoms with Crippen LogP contribution in [-0.4, -0.2) is 50.3 Å². The molecule has 1 aromatic carbocycles. The number of benzene rings is 1. The molecule has 1 saturated heterocycles. The third kappa shape index (κ3) is 4.91. The number of ketones is 1. The number of esters is 1. The summed E-state index contributed by atoms with van der Waals surface area (Å²) < 4.78 is 12.5. The van der Waals surface area contributed by atoms with Crippen LogP contribution in [-0.2, 0) is 14.3 Å². The highest BCUT2D eigenvalue weighted by molar-refractivity contribution is 7.17. The SMILES string of the molecule is C=CCOC(=O)c1sc(N2C(=O)C(=O)C(=C(O)c3c(C)nc4ccccn34)C2c2cccc(OCC=C)c2)nc1C. The number of nitrogens with zero attached hydrogens (tertiary/aromatic N) is 4. The monoisotopic (exact) mass is 570 g/mol. The Labute approximate surface area is 239 Å². The number of imidazole rings is 1. The van der Waals surface area contributed by atoms with E-state index in [1.165, 1.54) is 11.0 Å². The number of aliphatic hydroxyl groups is 1. The molecule has 0 saturated carbocycles. The Kier molecular flexibility index (Phi) is 7.54. The van der Waals surface area contributed by atoms with Crippen LogP contribution >= 0.6 is 11.3 Å². The van der Waals surface area contributed by atoms with Gasteiger partial charge in [-0.2, -0.15) is 0 Å². The fraction of sp³-hybridized carbons (Fsp3) is 0.167. The van der Waals surface area contributed by atoms with Crippen LogP contribution in [0.25, 0.3) is 11.4 Å². The Bertz CT molecular complexity index is 1750. The van der Waals surface area contributed by atoms with E-state index in [4.69, 9.17) is 9.47 Å². The molecule has 3 aromatic heterocycles. The third-order valence-corrected chi connectivity index (χ3v) is 7.56. The molecule has 1 unspecified atom stereocenters. The minimum atomic E-state index is -1.08. The Morgan fingerprint density at radius 2 is 1.85 bits per heavy atom. The van der Waals surface area contributed by atoms with Gasteiger partial charge in [0.05, 0.1) is 23.0 Å². The fourth-order valence-corrected chi connectivity index (χ4v) is 5.66. The summed E-state index contributed by atoms with van der Waals surface area (Å²) in [7, 11) is 0. The van der Waals surface area contributed by atoms with Crippen molar-refractivity contribution in [2.45, 2.75) is 19.9 Å². The van der Waals surface area contributed by atoms with Gasteiger partial charge in [0.2, 0.25) is 0 Å². The predicted octanol–water partition coefficient (Wildman–Crippen LogP) is 4.94. The van der Waals surface area contributed by atoms with Crippen molar-refractivity contribution in [2.24, 2.45) is 0 Å². The average Bonchev–Trinajstić information content (AvgIpc) is 3.60. The van der Waals surface area contributed by atoms with E-state index in [1.807, 2.05) is 6.07 Å². The molecule has 1 atom stereocenters. The topological polar surface area (TPSA) is 123 Å². The average molecular weight is 571 g/mol. The zero-order valence-corrected chi connectivity index (χ0v) is 23.2. The lowest BCUT2D eigenvalue weighted by Gasteiger charge is -2.23. The second-order valence-corrected chi connectivity index (χ2v) is 10.1. The van der Waals surface area contributed by atoms with Crippen molar-refractivity contribution in [3.8, 4) is 5.75 Å². The molecule has 208 valence electrons. The molecule has 1 N–H and O–H groups in total. The number of fused-ring (bicyclic) bond motifs is 1. The van der Waals surface area contributed by atoms with E-state index in [1.54, 1.807) is 66.9 Å². The first-order valence-electron chi connectivity index (χ1n) is 12.6. The zero-order chi connectivity index (χ0) is 29.3. The minimum absolute atomic E-state index is 0.00613. The van der Waals surface area contributed by atoms with Gasteiger partial charge >= 0.3 is 11.9 Å². The summed E-state index contributed by atoms with van der Waals surface area (Å²) in [4.78, 5) is 50.3. The number of rotatable bonds is 9. The Morgan fingerprint density at radius 3 is 2.61 bits per heavy atom. The quantitative estimate of drug-likeness (QED) is 0.0987. The van der Waals surface area contributed by atoms with Crippen LogP contribution < -0.4 is 9.64 Å². The second-order valence-electron chi connectivity index (χ2n) is 9.11. The van der Waals surface area contributed by atoms with Crippen molar-refractivity contribution in [1.82, 2.24) is 14.4 Å². The summed E-state index contributed by atoms with van der Waals surface area (Å²) in [5.74, 6) is -2.34.